The SMILES string of the molecule is CC(=O)Nc1ccccc1OCc1ccccc1Cl. The van der Waals surface area contributed by atoms with Crippen LogP contribution in [0.5, 0.6) is 5.75 Å². The molecule has 4 heteroatoms. The van der Waals surface area contributed by atoms with E-state index in [0.717, 1.165) is 5.56 Å². The van der Waals surface area contributed by atoms with Gasteiger partial charge in [0, 0.05) is 17.5 Å². The smallest absolute Gasteiger partial charge is 0.221 e. The Morgan fingerprint density at radius 1 is 1.16 bits per heavy atom. The zero-order valence-electron chi connectivity index (χ0n) is 10.5. The number of para-hydroxylation sites is 2. The second kappa shape index (κ2) is 6.25. The molecule has 0 saturated carbocycles. The molecule has 19 heavy (non-hydrogen) atoms. The fourth-order valence-corrected chi connectivity index (χ4v) is 1.85. The molecule has 0 bridgehead atoms. The van der Waals surface area contributed by atoms with Gasteiger partial charge in [0.05, 0.1) is 5.69 Å². The van der Waals surface area contributed by atoms with Crippen LogP contribution in [0.25, 0.3) is 0 Å². The Morgan fingerprint density at radius 2 is 1.84 bits per heavy atom. The molecule has 0 aromatic heterocycles. The van der Waals surface area contributed by atoms with Gasteiger partial charge in [0.15, 0.2) is 0 Å². The van der Waals surface area contributed by atoms with Crippen LogP contribution in [0.3, 0.4) is 0 Å². The standard InChI is InChI=1S/C15H14ClNO2/c1-11(18)17-14-8-4-5-9-15(14)19-10-12-6-2-3-7-13(12)16/h2-9H,10H2,1H3,(H,17,18). The maximum Gasteiger partial charge on any atom is 0.221 e. The third-order valence-electron chi connectivity index (χ3n) is 2.54. The molecule has 0 aliphatic carbocycles. The number of benzene rings is 2. The molecular weight excluding hydrogens is 262 g/mol. The molecule has 0 aliphatic rings. The van der Waals surface area contributed by atoms with Crippen molar-refractivity contribution in [3.05, 3.63) is 59.1 Å². The van der Waals surface area contributed by atoms with Gasteiger partial charge in [-0.3, -0.25) is 4.79 Å². The third-order valence-corrected chi connectivity index (χ3v) is 2.91. The largest absolute Gasteiger partial charge is 0.487 e. The quantitative estimate of drug-likeness (QED) is 0.920. The lowest BCUT2D eigenvalue weighted by atomic mass is 10.2. The van der Waals surface area contributed by atoms with Gasteiger partial charge in [-0.1, -0.05) is 41.9 Å². The van der Waals surface area contributed by atoms with Crippen LogP contribution in [0, 0.1) is 0 Å². The molecule has 1 amide bonds. The summed E-state index contributed by atoms with van der Waals surface area (Å²) >= 11 is 6.06. The van der Waals surface area contributed by atoms with Crippen molar-refractivity contribution in [2.45, 2.75) is 13.5 Å². The van der Waals surface area contributed by atoms with Gasteiger partial charge in [-0.15, -0.1) is 0 Å². The monoisotopic (exact) mass is 275 g/mol. The average Bonchev–Trinajstić information content (AvgIpc) is 2.39. The molecule has 2 aromatic carbocycles. The minimum absolute atomic E-state index is 0.131. The van der Waals surface area contributed by atoms with E-state index in [2.05, 4.69) is 5.32 Å². The molecule has 2 aromatic rings. The van der Waals surface area contributed by atoms with Crippen molar-refractivity contribution < 1.29 is 9.53 Å². The maximum atomic E-state index is 11.1. The van der Waals surface area contributed by atoms with Crippen LogP contribution >= 0.6 is 11.6 Å². The first-order chi connectivity index (χ1) is 9.16. The number of hydrogen-bond acceptors (Lipinski definition) is 2. The summed E-state index contributed by atoms with van der Waals surface area (Å²) in [6.07, 6.45) is 0. The number of amides is 1. The number of carbonyl (C=O) groups excluding carboxylic acids is 1. The highest BCUT2D eigenvalue weighted by Crippen LogP contribution is 2.25. The second-order valence-electron chi connectivity index (χ2n) is 4.06. The first-order valence-electron chi connectivity index (χ1n) is 5.89. The van der Waals surface area contributed by atoms with Gasteiger partial charge >= 0.3 is 0 Å². The highest BCUT2D eigenvalue weighted by Gasteiger charge is 2.05. The lowest BCUT2D eigenvalue weighted by Gasteiger charge is -2.12. The Bertz CT molecular complexity index is 584. The average molecular weight is 276 g/mol. The lowest BCUT2D eigenvalue weighted by molar-refractivity contribution is -0.114. The fourth-order valence-electron chi connectivity index (χ4n) is 1.66. The Labute approximate surface area is 117 Å². The summed E-state index contributed by atoms with van der Waals surface area (Å²) < 4.78 is 5.71. The Hall–Kier alpha value is -2.00. The van der Waals surface area contributed by atoms with Crippen LogP contribution in [0.1, 0.15) is 12.5 Å². The second-order valence-corrected chi connectivity index (χ2v) is 4.46. The summed E-state index contributed by atoms with van der Waals surface area (Å²) in [6.45, 7) is 1.82. The van der Waals surface area contributed by atoms with E-state index in [1.54, 1.807) is 6.07 Å². The number of rotatable bonds is 4. The third kappa shape index (κ3) is 3.73. The molecule has 0 unspecified atom stereocenters. The predicted octanol–water partition coefficient (Wildman–Crippen LogP) is 3.88. The summed E-state index contributed by atoms with van der Waals surface area (Å²) in [6, 6.07) is 14.8. The van der Waals surface area contributed by atoms with Gasteiger partial charge in [-0.2, -0.15) is 0 Å². The molecule has 0 saturated heterocycles. The summed E-state index contributed by atoms with van der Waals surface area (Å²) in [5.41, 5.74) is 1.56. The van der Waals surface area contributed by atoms with Gasteiger partial charge in [-0.05, 0) is 18.2 Å². The van der Waals surface area contributed by atoms with Crippen molar-refractivity contribution in [2.24, 2.45) is 0 Å². The number of anilines is 1. The molecule has 0 fully saturated rings. The van der Waals surface area contributed by atoms with E-state index in [1.165, 1.54) is 6.92 Å². The maximum absolute atomic E-state index is 11.1. The number of hydrogen-bond donors (Lipinski definition) is 1. The van der Waals surface area contributed by atoms with E-state index in [1.807, 2.05) is 42.5 Å². The topological polar surface area (TPSA) is 38.3 Å². The zero-order valence-corrected chi connectivity index (χ0v) is 11.3. The van der Waals surface area contributed by atoms with Crippen molar-refractivity contribution in [2.75, 3.05) is 5.32 Å². The zero-order chi connectivity index (χ0) is 13.7. The van der Waals surface area contributed by atoms with Crippen LogP contribution in [0.4, 0.5) is 5.69 Å². The first-order valence-corrected chi connectivity index (χ1v) is 6.27. The molecule has 0 heterocycles. The Morgan fingerprint density at radius 3 is 2.58 bits per heavy atom. The van der Waals surface area contributed by atoms with E-state index >= 15 is 0 Å². The van der Waals surface area contributed by atoms with Crippen molar-refractivity contribution in [1.82, 2.24) is 0 Å². The van der Waals surface area contributed by atoms with Crippen LogP contribution in [0.2, 0.25) is 5.02 Å². The molecule has 2 rings (SSSR count). The molecule has 0 atom stereocenters. The summed E-state index contributed by atoms with van der Waals surface area (Å²) in [5.74, 6) is 0.492. The van der Waals surface area contributed by atoms with Crippen molar-refractivity contribution in [3.8, 4) is 5.75 Å². The van der Waals surface area contributed by atoms with Crippen molar-refractivity contribution >= 4 is 23.2 Å². The molecule has 98 valence electrons. The minimum Gasteiger partial charge on any atom is -0.487 e. The van der Waals surface area contributed by atoms with Gasteiger partial charge in [0.1, 0.15) is 12.4 Å². The lowest BCUT2D eigenvalue weighted by Crippen LogP contribution is -2.07. The summed E-state index contributed by atoms with van der Waals surface area (Å²) in [4.78, 5) is 11.1. The van der Waals surface area contributed by atoms with Crippen LogP contribution in [-0.2, 0) is 11.4 Å². The molecular formula is C15H14ClNO2. The fraction of sp³-hybridized carbons (Fsp3) is 0.133. The van der Waals surface area contributed by atoms with E-state index in [0.29, 0.717) is 23.1 Å². The molecule has 0 aliphatic heterocycles. The highest BCUT2D eigenvalue weighted by atomic mass is 35.5. The van der Waals surface area contributed by atoms with Crippen LogP contribution in [0.15, 0.2) is 48.5 Å². The Balaban J connectivity index is 2.11. The number of carbonyl (C=O) groups is 1. The van der Waals surface area contributed by atoms with Crippen molar-refractivity contribution in [1.29, 1.82) is 0 Å². The van der Waals surface area contributed by atoms with Gasteiger partial charge in [0.2, 0.25) is 5.91 Å². The number of ether oxygens (including phenoxy) is 1. The predicted molar refractivity (Wildman–Crippen MR) is 76.5 cm³/mol. The van der Waals surface area contributed by atoms with Crippen LogP contribution < -0.4 is 10.1 Å². The number of halogens is 1. The van der Waals surface area contributed by atoms with Crippen molar-refractivity contribution in [3.63, 3.8) is 0 Å². The summed E-state index contributed by atoms with van der Waals surface area (Å²) in [7, 11) is 0. The van der Waals surface area contributed by atoms with E-state index in [-0.39, 0.29) is 5.91 Å². The minimum atomic E-state index is -0.131. The van der Waals surface area contributed by atoms with Gasteiger partial charge in [-0.25, -0.2) is 0 Å². The van der Waals surface area contributed by atoms with Gasteiger partial charge < -0.3 is 10.1 Å². The molecule has 0 radical (unpaired) electrons. The first kappa shape index (κ1) is 13.4. The number of nitrogens with one attached hydrogen (secondary N) is 1. The molecule has 1 N–H and O–H groups in total. The Kier molecular flexibility index (Phi) is 4.42. The highest BCUT2D eigenvalue weighted by molar-refractivity contribution is 6.31. The molecule has 0 spiro atoms. The van der Waals surface area contributed by atoms with Gasteiger partial charge in [0.25, 0.3) is 0 Å². The summed E-state index contributed by atoms with van der Waals surface area (Å²) in [5, 5.41) is 3.39. The van der Waals surface area contributed by atoms with E-state index in [9.17, 15) is 4.79 Å². The van der Waals surface area contributed by atoms with E-state index in [4.69, 9.17) is 16.3 Å². The normalized spacial score (nSPS) is 10.0. The van der Waals surface area contributed by atoms with Crippen LogP contribution in [-0.4, -0.2) is 5.91 Å². The van der Waals surface area contributed by atoms with E-state index < -0.39 is 0 Å². The molecule has 3 nitrogen and oxygen atoms in total.